The highest BCUT2D eigenvalue weighted by molar-refractivity contribution is 5.29. The summed E-state index contributed by atoms with van der Waals surface area (Å²) in [5.41, 5.74) is 2.79. The number of hydrogen-bond acceptors (Lipinski definition) is 4. The monoisotopic (exact) mass is 229 g/mol. The fourth-order valence-electron chi connectivity index (χ4n) is 1.96. The molecule has 0 radical (unpaired) electrons. The van der Waals surface area contributed by atoms with E-state index in [0.29, 0.717) is 12.4 Å². The zero-order valence-electron chi connectivity index (χ0n) is 9.60. The molecule has 1 aliphatic rings. The van der Waals surface area contributed by atoms with Crippen LogP contribution in [-0.4, -0.2) is 10.1 Å². The van der Waals surface area contributed by atoms with Crippen molar-refractivity contribution in [3.05, 3.63) is 47.6 Å². The molecule has 0 aliphatic heterocycles. The number of nitrogens with one attached hydrogen (secondary N) is 1. The van der Waals surface area contributed by atoms with Gasteiger partial charge in [0.25, 0.3) is 0 Å². The van der Waals surface area contributed by atoms with Crippen molar-refractivity contribution in [3.8, 4) is 0 Å². The van der Waals surface area contributed by atoms with E-state index < -0.39 is 0 Å². The first-order valence-corrected chi connectivity index (χ1v) is 5.96. The Kier molecular flexibility index (Phi) is 2.88. The SMILES string of the molecule is c1cc(CNCc2ncon2)cc(C2CC2)c1. The average molecular weight is 229 g/mol. The Balaban J connectivity index is 1.55. The van der Waals surface area contributed by atoms with Gasteiger partial charge in [0.05, 0.1) is 6.54 Å². The lowest BCUT2D eigenvalue weighted by atomic mass is 10.1. The standard InChI is InChI=1S/C13H15N3O/c1-2-10(6-12(3-1)11-4-5-11)7-14-8-13-15-9-17-16-13/h1-3,6,9,11,14H,4-5,7-8H2. The van der Waals surface area contributed by atoms with E-state index in [0.717, 1.165) is 12.5 Å². The topological polar surface area (TPSA) is 51.0 Å². The third kappa shape index (κ3) is 2.71. The van der Waals surface area contributed by atoms with Gasteiger partial charge in [-0.2, -0.15) is 4.98 Å². The Morgan fingerprint density at radius 2 is 2.24 bits per heavy atom. The molecule has 0 saturated heterocycles. The van der Waals surface area contributed by atoms with Gasteiger partial charge in [0.15, 0.2) is 5.82 Å². The highest BCUT2D eigenvalue weighted by Gasteiger charge is 2.23. The van der Waals surface area contributed by atoms with Crippen molar-refractivity contribution in [1.82, 2.24) is 15.5 Å². The van der Waals surface area contributed by atoms with Gasteiger partial charge < -0.3 is 9.84 Å². The Hall–Kier alpha value is -1.68. The summed E-state index contributed by atoms with van der Waals surface area (Å²) in [6.45, 7) is 1.49. The molecule has 1 aliphatic carbocycles. The van der Waals surface area contributed by atoms with Crippen molar-refractivity contribution in [2.24, 2.45) is 0 Å². The maximum atomic E-state index is 4.67. The Labute approximate surface area is 100 Å². The molecule has 4 heteroatoms. The van der Waals surface area contributed by atoms with Crippen LogP contribution < -0.4 is 5.32 Å². The second-order valence-electron chi connectivity index (χ2n) is 4.47. The molecule has 2 aromatic rings. The smallest absolute Gasteiger partial charge is 0.213 e. The van der Waals surface area contributed by atoms with E-state index in [2.05, 4.69) is 44.2 Å². The van der Waals surface area contributed by atoms with Crippen molar-refractivity contribution in [2.75, 3.05) is 0 Å². The van der Waals surface area contributed by atoms with Crippen molar-refractivity contribution < 1.29 is 4.52 Å². The van der Waals surface area contributed by atoms with E-state index >= 15 is 0 Å². The molecule has 1 aromatic heterocycles. The summed E-state index contributed by atoms with van der Waals surface area (Å²) in [4.78, 5) is 3.96. The van der Waals surface area contributed by atoms with Gasteiger partial charge in [-0.25, -0.2) is 0 Å². The van der Waals surface area contributed by atoms with E-state index in [9.17, 15) is 0 Å². The van der Waals surface area contributed by atoms with Crippen LogP contribution in [0.4, 0.5) is 0 Å². The average Bonchev–Trinajstić information content (AvgIpc) is 3.09. The molecule has 0 atom stereocenters. The lowest BCUT2D eigenvalue weighted by Gasteiger charge is -2.04. The van der Waals surface area contributed by atoms with Crippen LogP contribution in [0.3, 0.4) is 0 Å². The molecule has 88 valence electrons. The predicted octanol–water partition coefficient (Wildman–Crippen LogP) is 2.24. The lowest BCUT2D eigenvalue weighted by Crippen LogP contribution is -2.13. The molecular weight excluding hydrogens is 214 g/mol. The van der Waals surface area contributed by atoms with E-state index in [1.54, 1.807) is 0 Å². The molecule has 1 heterocycles. The van der Waals surface area contributed by atoms with Crippen LogP contribution in [0.2, 0.25) is 0 Å². The highest BCUT2D eigenvalue weighted by Crippen LogP contribution is 2.40. The van der Waals surface area contributed by atoms with Gasteiger partial charge in [-0.05, 0) is 29.9 Å². The molecule has 1 N–H and O–H groups in total. The number of nitrogens with zero attached hydrogens (tertiary/aromatic N) is 2. The van der Waals surface area contributed by atoms with E-state index in [1.165, 1.54) is 30.4 Å². The fraction of sp³-hybridized carbons (Fsp3) is 0.385. The Bertz CT molecular complexity index is 477. The van der Waals surface area contributed by atoms with Crippen molar-refractivity contribution in [1.29, 1.82) is 0 Å². The van der Waals surface area contributed by atoms with Gasteiger partial charge in [0, 0.05) is 6.54 Å². The second kappa shape index (κ2) is 4.67. The van der Waals surface area contributed by atoms with Gasteiger partial charge in [0.1, 0.15) is 0 Å². The van der Waals surface area contributed by atoms with Crippen LogP contribution in [0.25, 0.3) is 0 Å². The fourth-order valence-corrected chi connectivity index (χ4v) is 1.96. The van der Waals surface area contributed by atoms with Crippen LogP contribution in [0.1, 0.15) is 35.7 Å². The molecule has 17 heavy (non-hydrogen) atoms. The molecule has 0 amide bonds. The summed E-state index contributed by atoms with van der Waals surface area (Å²) in [5.74, 6) is 1.51. The van der Waals surface area contributed by atoms with E-state index in [4.69, 9.17) is 0 Å². The first-order chi connectivity index (χ1) is 8.42. The first-order valence-electron chi connectivity index (χ1n) is 5.96. The molecule has 0 spiro atoms. The van der Waals surface area contributed by atoms with Gasteiger partial charge in [0.2, 0.25) is 6.39 Å². The summed E-state index contributed by atoms with van der Waals surface area (Å²) < 4.78 is 4.67. The number of hydrogen-bond donors (Lipinski definition) is 1. The minimum absolute atomic E-state index is 0.643. The minimum Gasteiger partial charge on any atom is -0.343 e. The number of aromatic nitrogens is 2. The zero-order valence-corrected chi connectivity index (χ0v) is 9.60. The quantitative estimate of drug-likeness (QED) is 0.854. The highest BCUT2D eigenvalue weighted by atomic mass is 16.5. The molecular formula is C13H15N3O. The Morgan fingerprint density at radius 1 is 1.29 bits per heavy atom. The van der Waals surface area contributed by atoms with Crippen LogP contribution in [-0.2, 0) is 13.1 Å². The number of benzene rings is 1. The third-order valence-electron chi connectivity index (χ3n) is 3.02. The molecule has 1 aromatic carbocycles. The molecule has 0 unspecified atom stereocenters. The van der Waals surface area contributed by atoms with Crippen LogP contribution in [0.5, 0.6) is 0 Å². The van der Waals surface area contributed by atoms with E-state index in [1.807, 2.05) is 0 Å². The van der Waals surface area contributed by atoms with Gasteiger partial charge >= 0.3 is 0 Å². The Morgan fingerprint density at radius 3 is 3.00 bits per heavy atom. The zero-order chi connectivity index (χ0) is 11.5. The summed E-state index contributed by atoms with van der Waals surface area (Å²) >= 11 is 0. The first kappa shape index (κ1) is 10.5. The molecule has 1 fully saturated rings. The maximum absolute atomic E-state index is 4.67. The summed E-state index contributed by atoms with van der Waals surface area (Å²) in [7, 11) is 0. The summed E-state index contributed by atoms with van der Waals surface area (Å²) in [6, 6.07) is 8.80. The van der Waals surface area contributed by atoms with Crippen molar-refractivity contribution >= 4 is 0 Å². The molecule has 3 rings (SSSR count). The lowest BCUT2D eigenvalue weighted by molar-refractivity contribution is 0.407. The van der Waals surface area contributed by atoms with E-state index in [-0.39, 0.29) is 0 Å². The minimum atomic E-state index is 0.643. The summed E-state index contributed by atoms with van der Waals surface area (Å²) in [5, 5.41) is 7.06. The largest absolute Gasteiger partial charge is 0.343 e. The van der Waals surface area contributed by atoms with Gasteiger partial charge in [-0.3, -0.25) is 0 Å². The van der Waals surface area contributed by atoms with Gasteiger partial charge in [-0.1, -0.05) is 29.4 Å². The van der Waals surface area contributed by atoms with Crippen LogP contribution >= 0.6 is 0 Å². The van der Waals surface area contributed by atoms with Crippen molar-refractivity contribution in [3.63, 3.8) is 0 Å². The van der Waals surface area contributed by atoms with Crippen LogP contribution in [0, 0.1) is 0 Å². The van der Waals surface area contributed by atoms with Crippen molar-refractivity contribution in [2.45, 2.75) is 31.8 Å². The third-order valence-corrected chi connectivity index (χ3v) is 3.02. The molecule has 1 saturated carbocycles. The molecule has 4 nitrogen and oxygen atoms in total. The number of rotatable bonds is 5. The predicted molar refractivity (Wildman–Crippen MR) is 63.3 cm³/mol. The van der Waals surface area contributed by atoms with Crippen LogP contribution in [0.15, 0.2) is 35.2 Å². The normalized spacial score (nSPS) is 15.1. The summed E-state index contributed by atoms with van der Waals surface area (Å²) in [6.07, 6.45) is 4.05. The second-order valence-corrected chi connectivity index (χ2v) is 4.47. The maximum Gasteiger partial charge on any atom is 0.213 e. The van der Waals surface area contributed by atoms with Gasteiger partial charge in [-0.15, -0.1) is 0 Å². The molecule has 0 bridgehead atoms.